The maximum Gasteiger partial charge on any atom is 0.325 e. The highest BCUT2D eigenvalue weighted by Crippen LogP contribution is 2.55. The normalized spacial score (nSPS) is 14.8. The molecule has 0 bridgehead atoms. The van der Waals surface area contributed by atoms with E-state index in [-0.39, 0.29) is 26.4 Å². The molecule has 40 heavy (non-hydrogen) atoms. The number of benzene rings is 2. The van der Waals surface area contributed by atoms with Crippen molar-refractivity contribution in [3.8, 4) is 22.6 Å². The summed E-state index contributed by atoms with van der Waals surface area (Å²) in [6, 6.07) is 10.2. The number of hydrogen-bond acceptors (Lipinski definition) is 10. The van der Waals surface area contributed by atoms with E-state index in [2.05, 4.69) is 0 Å². The van der Waals surface area contributed by atoms with Gasteiger partial charge in [-0.1, -0.05) is 24.3 Å². The third-order valence-corrected chi connectivity index (χ3v) is 7.05. The summed E-state index contributed by atoms with van der Waals surface area (Å²) in [5.41, 5.74) is -3.11. The molecule has 1 aliphatic carbocycles. The second-order valence-electron chi connectivity index (χ2n) is 9.03. The molecule has 0 amide bonds. The fourth-order valence-corrected chi connectivity index (χ4v) is 5.40. The van der Waals surface area contributed by atoms with Crippen LogP contribution < -0.4 is 9.47 Å². The van der Waals surface area contributed by atoms with E-state index in [1.165, 1.54) is 14.2 Å². The molecule has 0 radical (unpaired) electrons. The van der Waals surface area contributed by atoms with Gasteiger partial charge in [-0.3, -0.25) is 19.2 Å². The van der Waals surface area contributed by atoms with Gasteiger partial charge in [0, 0.05) is 24.0 Å². The van der Waals surface area contributed by atoms with Crippen molar-refractivity contribution in [3.63, 3.8) is 0 Å². The van der Waals surface area contributed by atoms with E-state index in [9.17, 15) is 19.2 Å². The molecular formula is C30H36O10. The molecule has 0 fully saturated rings. The second-order valence-corrected chi connectivity index (χ2v) is 9.03. The van der Waals surface area contributed by atoms with Crippen molar-refractivity contribution in [3.05, 3.63) is 47.5 Å². The van der Waals surface area contributed by atoms with Crippen LogP contribution >= 0.6 is 0 Å². The van der Waals surface area contributed by atoms with E-state index in [4.69, 9.17) is 28.4 Å². The Kier molecular flexibility index (Phi) is 9.78. The Morgan fingerprint density at radius 1 is 0.575 bits per heavy atom. The van der Waals surface area contributed by atoms with Crippen molar-refractivity contribution < 1.29 is 47.6 Å². The van der Waals surface area contributed by atoms with Crippen LogP contribution in [0.4, 0.5) is 0 Å². The Morgan fingerprint density at radius 2 is 0.875 bits per heavy atom. The van der Waals surface area contributed by atoms with Gasteiger partial charge in [0.15, 0.2) is 10.8 Å². The van der Waals surface area contributed by atoms with Crippen LogP contribution in [-0.4, -0.2) is 64.5 Å². The molecule has 0 heterocycles. The minimum Gasteiger partial charge on any atom is -0.496 e. The van der Waals surface area contributed by atoms with E-state index in [0.717, 1.165) is 0 Å². The molecule has 0 spiro atoms. The molecule has 0 N–H and O–H groups in total. The lowest BCUT2D eigenvalue weighted by molar-refractivity contribution is -0.203. The molecule has 0 saturated carbocycles. The Balaban J connectivity index is 2.64. The fraction of sp³-hybridized carbons (Fsp3) is 0.467. The molecule has 2 aromatic carbocycles. The predicted octanol–water partition coefficient (Wildman–Crippen LogP) is 3.69. The Bertz CT molecular complexity index is 1130. The van der Waals surface area contributed by atoms with Crippen LogP contribution in [0.15, 0.2) is 36.4 Å². The largest absolute Gasteiger partial charge is 0.496 e. The highest BCUT2D eigenvalue weighted by atomic mass is 16.6. The summed E-state index contributed by atoms with van der Waals surface area (Å²) in [5.74, 6) is -3.54. The average Bonchev–Trinajstić information content (AvgIpc) is 2.93. The van der Waals surface area contributed by atoms with Crippen molar-refractivity contribution >= 4 is 23.9 Å². The quantitative estimate of drug-likeness (QED) is 0.243. The summed E-state index contributed by atoms with van der Waals surface area (Å²) in [6.07, 6.45) is -0.904. The number of fused-ring (bicyclic) bond motifs is 3. The lowest BCUT2D eigenvalue weighted by Crippen LogP contribution is -2.65. The van der Waals surface area contributed by atoms with Gasteiger partial charge in [0.05, 0.1) is 40.6 Å². The summed E-state index contributed by atoms with van der Waals surface area (Å²) < 4.78 is 33.2. The van der Waals surface area contributed by atoms with Crippen LogP contribution in [0.1, 0.15) is 38.8 Å². The van der Waals surface area contributed by atoms with Crippen molar-refractivity contribution in [2.75, 3.05) is 40.6 Å². The molecule has 10 nitrogen and oxygen atoms in total. The Morgan fingerprint density at radius 3 is 1.12 bits per heavy atom. The zero-order valence-electron chi connectivity index (χ0n) is 23.8. The number of esters is 4. The third-order valence-electron chi connectivity index (χ3n) is 7.05. The second kappa shape index (κ2) is 12.8. The van der Waals surface area contributed by atoms with Gasteiger partial charge in [0.25, 0.3) is 0 Å². The first-order chi connectivity index (χ1) is 19.2. The van der Waals surface area contributed by atoms with E-state index in [1.807, 2.05) is 0 Å². The first kappa shape index (κ1) is 30.5. The number of carbonyl (C=O) groups is 4. The number of rotatable bonds is 10. The topological polar surface area (TPSA) is 124 Å². The molecule has 0 unspecified atom stereocenters. The van der Waals surface area contributed by atoms with Gasteiger partial charge >= 0.3 is 23.9 Å². The van der Waals surface area contributed by atoms with Crippen LogP contribution in [0.3, 0.4) is 0 Å². The Hall–Kier alpha value is -4.08. The average molecular weight is 557 g/mol. The standard InChI is InChI=1S/C30H36O10/c1-7-37-25(31)29(26(32)38-8-2)17-19-13-11-15-21(35-5)23(19)24-20(14-12-16-22(24)36-6)18-30(29,27(33)39-9-3)28(34)40-10-4/h11-16H,7-10,17-18H2,1-6H3. The monoisotopic (exact) mass is 556 g/mol. The first-order valence-electron chi connectivity index (χ1n) is 13.2. The van der Waals surface area contributed by atoms with E-state index >= 15 is 0 Å². The van der Waals surface area contributed by atoms with Gasteiger partial charge in [-0.25, -0.2) is 0 Å². The molecular weight excluding hydrogens is 520 g/mol. The highest BCUT2D eigenvalue weighted by molar-refractivity contribution is 6.15. The molecule has 216 valence electrons. The smallest absolute Gasteiger partial charge is 0.325 e. The molecule has 10 heteroatoms. The number of hydrogen-bond donors (Lipinski definition) is 0. The maximum atomic E-state index is 14.1. The lowest BCUT2D eigenvalue weighted by Gasteiger charge is -2.44. The number of methoxy groups -OCH3 is 2. The van der Waals surface area contributed by atoms with Crippen LogP contribution in [0, 0.1) is 10.8 Å². The molecule has 0 saturated heterocycles. The minimum atomic E-state index is -2.51. The van der Waals surface area contributed by atoms with Gasteiger partial charge in [0.1, 0.15) is 11.5 Å². The zero-order chi connectivity index (χ0) is 29.5. The van der Waals surface area contributed by atoms with E-state index in [0.29, 0.717) is 33.8 Å². The van der Waals surface area contributed by atoms with Gasteiger partial charge in [-0.2, -0.15) is 0 Å². The maximum absolute atomic E-state index is 14.1. The zero-order valence-corrected chi connectivity index (χ0v) is 23.8. The molecule has 3 rings (SSSR count). The van der Waals surface area contributed by atoms with Crippen LogP contribution in [-0.2, 0) is 51.0 Å². The van der Waals surface area contributed by atoms with Gasteiger partial charge in [-0.05, 0) is 51.0 Å². The summed E-state index contributed by atoms with van der Waals surface area (Å²) >= 11 is 0. The number of ether oxygens (including phenoxy) is 6. The van der Waals surface area contributed by atoms with Crippen molar-refractivity contribution in [2.24, 2.45) is 10.8 Å². The SMILES string of the molecule is CCOC(=O)C1(C(=O)OCC)Cc2cccc(OC)c2-c2c(cccc2OC)CC1(C(=O)OCC)C(=O)OCC. The lowest BCUT2D eigenvalue weighted by atomic mass is 9.55. The van der Waals surface area contributed by atoms with Crippen molar-refractivity contribution in [1.29, 1.82) is 0 Å². The van der Waals surface area contributed by atoms with Crippen LogP contribution in [0.2, 0.25) is 0 Å². The minimum absolute atomic E-state index is 0.128. The summed E-state index contributed by atoms with van der Waals surface area (Å²) in [7, 11) is 2.99. The Labute approximate surface area is 233 Å². The van der Waals surface area contributed by atoms with Crippen LogP contribution in [0.5, 0.6) is 11.5 Å². The van der Waals surface area contributed by atoms with Gasteiger partial charge in [0.2, 0.25) is 0 Å². The van der Waals surface area contributed by atoms with Gasteiger partial charge in [-0.15, -0.1) is 0 Å². The molecule has 0 atom stereocenters. The predicted molar refractivity (Wildman–Crippen MR) is 144 cm³/mol. The van der Waals surface area contributed by atoms with Crippen molar-refractivity contribution in [2.45, 2.75) is 40.5 Å². The van der Waals surface area contributed by atoms with Crippen molar-refractivity contribution in [1.82, 2.24) is 0 Å². The summed E-state index contributed by atoms with van der Waals surface area (Å²) in [4.78, 5) is 56.6. The fourth-order valence-electron chi connectivity index (χ4n) is 5.40. The highest BCUT2D eigenvalue weighted by Gasteiger charge is 2.73. The summed E-state index contributed by atoms with van der Waals surface area (Å²) in [6.45, 7) is 5.74. The molecule has 0 aromatic heterocycles. The van der Waals surface area contributed by atoms with Crippen LogP contribution in [0.25, 0.3) is 11.1 Å². The molecule has 2 aromatic rings. The summed E-state index contributed by atoms with van der Waals surface area (Å²) in [5, 5.41) is 0. The molecule has 0 aliphatic heterocycles. The third kappa shape index (κ3) is 4.87. The van der Waals surface area contributed by atoms with Gasteiger partial charge < -0.3 is 28.4 Å². The van der Waals surface area contributed by atoms with E-state index in [1.54, 1.807) is 64.1 Å². The van der Waals surface area contributed by atoms with E-state index < -0.39 is 47.5 Å². The molecule has 1 aliphatic rings. The first-order valence-corrected chi connectivity index (χ1v) is 13.2. The number of carbonyl (C=O) groups excluding carboxylic acids is 4.